The predicted octanol–water partition coefficient (Wildman–Crippen LogP) is 4.15. The molecule has 1 saturated carbocycles. The average molecular weight is 705 g/mol. The Morgan fingerprint density at radius 3 is 2.34 bits per heavy atom. The highest BCUT2D eigenvalue weighted by molar-refractivity contribution is 9.09. The molecule has 7 rings (SSSR count). The number of halogens is 3. The lowest BCUT2D eigenvalue weighted by Crippen LogP contribution is -2.60. The van der Waals surface area contributed by atoms with Gasteiger partial charge in [0.2, 0.25) is 11.8 Å². The summed E-state index contributed by atoms with van der Waals surface area (Å²) in [6.45, 7) is 1.99. The van der Waals surface area contributed by atoms with E-state index in [1.807, 2.05) is 24.3 Å². The van der Waals surface area contributed by atoms with Crippen LogP contribution in [0.15, 0.2) is 58.5 Å². The summed E-state index contributed by atoms with van der Waals surface area (Å²) in [6, 6.07) is 13.2. The maximum atomic E-state index is 14.3. The summed E-state index contributed by atoms with van der Waals surface area (Å²) in [5, 5.41) is 9.69. The number of aliphatic hydroxyl groups excluding tert-OH is 1. The Labute approximate surface area is 273 Å². The van der Waals surface area contributed by atoms with Crippen molar-refractivity contribution in [2.75, 3.05) is 18.5 Å². The van der Waals surface area contributed by atoms with Crippen molar-refractivity contribution in [1.82, 2.24) is 14.7 Å². The molecule has 1 aromatic carbocycles. The van der Waals surface area contributed by atoms with Crippen LogP contribution >= 0.6 is 39.1 Å². The zero-order valence-corrected chi connectivity index (χ0v) is 26.9. The quantitative estimate of drug-likeness (QED) is 0.208. The van der Waals surface area contributed by atoms with Crippen molar-refractivity contribution < 1.29 is 28.7 Å². The van der Waals surface area contributed by atoms with Crippen LogP contribution in [0, 0.1) is 17.8 Å². The second kappa shape index (κ2) is 11.1. The van der Waals surface area contributed by atoms with Crippen molar-refractivity contribution in [3.05, 3.63) is 71.2 Å². The van der Waals surface area contributed by atoms with E-state index < -0.39 is 45.2 Å². The molecule has 3 aliphatic heterocycles. The van der Waals surface area contributed by atoms with Crippen LogP contribution in [0.25, 0.3) is 0 Å². The topological polar surface area (TPSA) is 111 Å². The fraction of sp³-hybridized carbons (Fsp3) is 0.500. The maximum Gasteiger partial charge on any atom is 0.254 e. The van der Waals surface area contributed by atoms with Gasteiger partial charge in [-0.1, -0.05) is 57.9 Å². The molecular weight excluding hydrogens is 673 g/mol. The number of alkyl halides is 3. The van der Waals surface area contributed by atoms with Gasteiger partial charge in [-0.25, -0.2) is 0 Å². The van der Waals surface area contributed by atoms with Gasteiger partial charge in [0, 0.05) is 25.7 Å². The zero-order chi connectivity index (χ0) is 31.0. The van der Waals surface area contributed by atoms with Gasteiger partial charge in [-0.2, -0.15) is 0 Å². The Morgan fingerprint density at radius 1 is 0.955 bits per heavy atom. The van der Waals surface area contributed by atoms with Gasteiger partial charge in [0.1, 0.15) is 18.1 Å². The minimum Gasteiger partial charge on any atom is -0.463 e. The van der Waals surface area contributed by atoms with E-state index in [0.29, 0.717) is 24.8 Å². The first-order chi connectivity index (χ1) is 21.1. The summed E-state index contributed by atoms with van der Waals surface area (Å²) < 4.78 is 5.93. The van der Waals surface area contributed by atoms with E-state index in [4.69, 9.17) is 27.6 Å². The average Bonchev–Trinajstić information content (AvgIpc) is 3.64. The number of piperidine rings is 1. The van der Waals surface area contributed by atoms with E-state index in [1.54, 1.807) is 12.1 Å². The molecule has 9 nitrogen and oxygen atoms in total. The maximum absolute atomic E-state index is 14.3. The number of carbonyl (C=O) groups excluding carboxylic acids is 4. The zero-order valence-electron chi connectivity index (χ0n) is 23.8. The monoisotopic (exact) mass is 703 g/mol. The lowest BCUT2D eigenvalue weighted by Gasteiger charge is -2.49. The lowest BCUT2D eigenvalue weighted by atomic mass is 9.57. The fourth-order valence-electron chi connectivity index (χ4n) is 8.26. The van der Waals surface area contributed by atoms with E-state index in [2.05, 4.69) is 33.0 Å². The number of fused-ring (bicyclic) bond motifs is 4. The van der Waals surface area contributed by atoms with Crippen molar-refractivity contribution in [1.29, 1.82) is 0 Å². The Morgan fingerprint density at radius 2 is 1.68 bits per heavy atom. The third kappa shape index (κ3) is 4.24. The molecule has 6 unspecified atom stereocenters. The molecule has 1 N–H and O–H groups in total. The van der Waals surface area contributed by atoms with E-state index >= 15 is 0 Å². The van der Waals surface area contributed by atoms with Crippen molar-refractivity contribution in [3.8, 4) is 0 Å². The number of rotatable bonds is 6. The third-order valence-corrected chi connectivity index (χ3v) is 12.3. The molecule has 4 heterocycles. The highest BCUT2D eigenvalue weighted by atomic mass is 79.9. The van der Waals surface area contributed by atoms with E-state index in [9.17, 15) is 24.3 Å². The third-order valence-electron chi connectivity index (χ3n) is 10.3. The van der Waals surface area contributed by atoms with Gasteiger partial charge in [-0.05, 0) is 49.3 Å². The number of amides is 4. The number of hydrogen-bond donors (Lipinski definition) is 1. The van der Waals surface area contributed by atoms with Crippen molar-refractivity contribution in [2.45, 2.75) is 60.5 Å². The molecular formula is C32H32BrCl2N3O6. The molecule has 2 aliphatic carbocycles. The highest BCUT2D eigenvalue weighted by Crippen LogP contribution is 2.65. The van der Waals surface area contributed by atoms with E-state index in [0.717, 1.165) is 24.5 Å². The van der Waals surface area contributed by atoms with Gasteiger partial charge >= 0.3 is 0 Å². The standard InChI is InChI=1S/C32H32BrCl2N3O6/c33-17-37-29(42)31(34)14-23-21(26(32(31,35)30(37)43)24-9-6-20(16-39)44-24)7-8-22-25(23)28(41)38(27(22)40)19-10-12-36(13-11-19)15-18-4-2-1-3-5-18/h1-7,9,19,22-23,25-26,39H,8,10-17H2. The lowest BCUT2D eigenvalue weighted by molar-refractivity contribution is -0.144. The second-order valence-electron chi connectivity index (χ2n) is 12.5. The normalized spacial score (nSPS) is 34.3. The number of furan rings is 1. The molecule has 0 radical (unpaired) electrons. The van der Waals surface area contributed by atoms with Crippen molar-refractivity contribution >= 4 is 62.8 Å². The number of allylic oxidation sites excluding steroid dienone is 2. The summed E-state index contributed by atoms with van der Waals surface area (Å²) in [5.74, 6) is -4.05. The van der Waals surface area contributed by atoms with Gasteiger partial charge in [0.05, 0.1) is 23.2 Å². The van der Waals surface area contributed by atoms with E-state index in [1.165, 1.54) is 10.5 Å². The Hall–Kier alpha value is -2.50. The molecule has 6 atom stereocenters. The van der Waals surface area contributed by atoms with Crippen LogP contribution in [-0.2, 0) is 32.3 Å². The summed E-state index contributed by atoms with van der Waals surface area (Å²) in [4.78, 5) is 56.7. The minimum absolute atomic E-state index is 0.0639. The SMILES string of the molecule is O=C1C2CC=C3C(CC4(Cl)C(=O)N(CBr)C(=O)C4(Cl)C3c3ccc(CO)o3)C2C(=O)N1C1CCN(Cc2ccccc2)CC1. The molecule has 232 valence electrons. The number of aliphatic hydroxyl groups is 1. The van der Waals surface area contributed by atoms with Crippen LogP contribution < -0.4 is 0 Å². The van der Waals surface area contributed by atoms with Gasteiger partial charge in [-0.15, -0.1) is 23.2 Å². The second-order valence-corrected chi connectivity index (χ2v) is 14.2. The fourth-order valence-corrected chi connectivity index (χ4v) is 9.67. The molecule has 1 aromatic heterocycles. The number of hydrogen-bond acceptors (Lipinski definition) is 7. The smallest absolute Gasteiger partial charge is 0.254 e. The van der Waals surface area contributed by atoms with Gasteiger partial charge in [-0.3, -0.25) is 33.9 Å². The minimum atomic E-state index is -1.92. The predicted molar refractivity (Wildman–Crippen MR) is 165 cm³/mol. The van der Waals surface area contributed by atoms with Crippen molar-refractivity contribution in [2.24, 2.45) is 17.8 Å². The van der Waals surface area contributed by atoms with Gasteiger partial charge < -0.3 is 9.52 Å². The first kappa shape index (κ1) is 30.2. The number of benzene rings is 1. The van der Waals surface area contributed by atoms with Crippen LogP contribution in [0.4, 0.5) is 0 Å². The summed E-state index contributed by atoms with van der Waals surface area (Å²) >= 11 is 17.7. The van der Waals surface area contributed by atoms with Gasteiger partial charge in [0.25, 0.3) is 11.8 Å². The molecule has 0 bridgehead atoms. The first-order valence-corrected chi connectivity index (χ1v) is 16.8. The first-order valence-electron chi connectivity index (χ1n) is 15.0. The van der Waals surface area contributed by atoms with Gasteiger partial charge in [0.15, 0.2) is 9.75 Å². The molecule has 4 amide bonds. The molecule has 4 fully saturated rings. The summed E-state index contributed by atoms with van der Waals surface area (Å²) in [7, 11) is 0. The number of imide groups is 2. The summed E-state index contributed by atoms with van der Waals surface area (Å²) in [5.41, 5.74) is 1.81. The largest absolute Gasteiger partial charge is 0.463 e. The Bertz CT molecular complexity index is 1560. The van der Waals surface area contributed by atoms with Crippen LogP contribution in [0.2, 0.25) is 0 Å². The Kier molecular flexibility index (Phi) is 7.60. The Balaban J connectivity index is 1.20. The highest BCUT2D eigenvalue weighted by Gasteiger charge is 2.77. The molecule has 12 heteroatoms. The molecule has 3 saturated heterocycles. The number of likely N-dealkylation sites (tertiary alicyclic amines) is 3. The molecule has 44 heavy (non-hydrogen) atoms. The number of nitrogens with zero attached hydrogens (tertiary/aromatic N) is 3. The van der Waals surface area contributed by atoms with Crippen molar-refractivity contribution in [3.63, 3.8) is 0 Å². The molecule has 2 aromatic rings. The van der Waals surface area contributed by atoms with Crippen LogP contribution in [0.1, 0.15) is 48.7 Å². The molecule has 0 spiro atoms. The van der Waals surface area contributed by atoms with Crippen LogP contribution in [0.3, 0.4) is 0 Å². The number of carbonyl (C=O) groups is 4. The van der Waals surface area contributed by atoms with E-state index in [-0.39, 0.29) is 47.9 Å². The molecule has 5 aliphatic rings. The summed E-state index contributed by atoms with van der Waals surface area (Å²) in [6.07, 6.45) is 3.51. The van der Waals surface area contributed by atoms with Crippen LogP contribution in [0.5, 0.6) is 0 Å². The van der Waals surface area contributed by atoms with Crippen LogP contribution in [-0.4, -0.2) is 77.8 Å².